The van der Waals surface area contributed by atoms with Gasteiger partial charge in [-0.1, -0.05) is 36.4 Å². The highest BCUT2D eigenvalue weighted by atomic mass is 32.2. The predicted molar refractivity (Wildman–Crippen MR) is 112 cm³/mol. The molecule has 0 aliphatic carbocycles. The molecule has 0 saturated heterocycles. The third kappa shape index (κ3) is 3.21. The zero-order valence-corrected chi connectivity index (χ0v) is 16.6. The fourth-order valence-corrected chi connectivity index (χ4v) is 4.30. The minimum atomic E-state index is -3.54. The van der Waals surface area contributed by atoms with Crippen LogP contribution in [0.5, 0.6) is 0 Å². The van der Waals surface area contributed by atoms with Crippen LogP contribution < -0.4 is 3.89 Å². The zero-order chi connectivity index (χ0) is 19.8. The molecule has 6 heteroatoms. The summed E-state index contributed by atoms with van der Waals surface area (Å²) < 4.78 is 31.3. The van der Waals surface area contributed by atoms with Gasteiger partial charge in [-0.05, 0) is 29.8 Å². The molecule has 5 nitrogen and oxygen atoms in total. The van der Waals surface area contributed by atoms with Gasteiger partial charge in [0.15, 0.2) is 5.69 Å². The first kappa shape index (κ1) is 18.4. The Morgan fingerprint density at radius 1 is 1.00 bits per heavy atom. The predicted octanol–water partition coefficient (Wildman–Crippen LogP) is 4.59. The maximum absolute atomic E-state index is 13.0. The van der Waals surface area contributed by atoms with Crippen LogP contribution in [0, 0.1) is 0 Å². The summed E-state index contributed by atoms with van der Waals surface area (Å²) in [6.45, 7) is 0.214. The van der Waals surface area contributed by atoms with Crippen LogP contribution in [-0.4, -0.2) is 26.7 Å². The summed E-state index contributed by atoms with van der Waals surface area (Å²) in [6.07, 6.45) is 4.56. The summed E-state index contributed by atoms with van der Waals surface area (Å²) in [6, 6.07) is 21.0. The molecule has 142 valence electrons. The second-order valence-corrected chi connectivity index (χ2v) is 9.28. The number of hydrogen-bond donors (Lipinski definition) is 0. The van der Waals surface area contributed by atoms with Crippen LogP contribution in [0.1, 0.15) is 5.69 Å². The van der Waals surface area contributed by atoms with Gasteiger partial charge in [0.05, 0.1) is 25.3 Å². The molecule has 0 fully saturated rings. The molecule has 0 radical (unpaired) electrons. The number of aromatic nitrogens is 1. The van der Waals surface area contributed by atoms with E-state index < -0.39 is 10.0 Å². The third-order valence-electron chi connectivity index (χ3n) is 5.09. The first-order valence-corrected chi connectivity index (χ1v) is 10.8. The van der Waals surface area contributed by atoms with Crippen molar-refractivity contribution in [2.24, 2.45) is 0 Å². The molecule has 4 aromatic rings. The molecule has 1 atom stereocenters. The van der Waals surface area contributed by atoms with E-state index in [9.17, 15) is 8.42 Å². The van der Waals surface area contributed by atoms with Crippen molar-refractivity contribution in [3.63, 3.8) is 0 Å². The van der Waals surface area contributed by atoms with Gasteiger partial charge in [0.2, 0.25) is 0 Å². The second kappa shape index (κ2) is 6.89. The number of sulfonamides is 1. The van der Waals surface area contributed by atoms with Gasteiger partial charge in [-0.15, -0.1) is 0 Å². The fourth-order valence-electron chi connectivity index (χ4n) is 3.42. The van der Waals surface area contributed by atoms with Gasteiger partial charge in [0.25, 0.3) is 10.0 Å². The van der Waals surface area contributed by atoms with E-state index in [1.54, 1.807) is 19.5 Å². The van der Waals surface area contributed by atoms with Crippen molar-refractivity contribution < 1.29 is 12.8 Å². The maximum Gasteiger partial charge on any atom is 0.299 e. The quantitative estimate of drug-likeness (QED) is 0.465. The van der Waals surface area contributed by atoms with Crippen molar-refractivity contribution in [2.45, 2.75) is 6.54 Å². The summed E-state index contributed by atoms with van der Waals surface area (Å²) in [7, 11) is -1.83. The van der Waals surface area contributed by atoms with Gasteiger partial charge < -0.3 is 4.42 Å². The zero-order valence-electron chi connectivity index (χ0n) is 15.7. The lowest BCUT2D eigenvalue weighted by Crippen LogP contribution is -2.49. The molecule has 28 heavy (non-hydrogen) atoms. The molecular weight excluding hydrogens is 372 g/mol. The van der Waals surface area contributed by atoms with E-state index in [2.05, 4.69) is 4.98 Å². The summed E-state index contributed by atoms with van der Waals surface area (Å²) in [4.78, 5) is 4.35. The Morgan fingerprint density at radius 2 is 1.75 bits per heavy atom. The molecule has 0 aliphatic heterocycles. The van der Waals surface area contributed by atoms with Crippen LogP contribution in [0.3, 0.4) is 0 Å². The largest absolute Gasteiger partial charge is 0.464 e. The molecule has 2 aromatic heterocycles. The van der Waals surface area contributed by atoms with E-state index in [-0.39, 0.29) is 10.4 Å². The van der Waals surface area contributed by atoms with Gasteiger partial charge in [-0.3, -0.25) is 4.98 Å². The average molecular weight is 393 g/mol. The Bertz CT molecular complexity index is 1220. The van der Waals surface area contributed by atoms with Gasteiger partial charge in [0.1, 0.15) is 12.1 Å². The van der Waals surface area contributed by atoms with E-state index in [1.807, 2.05) is 66.7 Å². The Hall–Kier alpha value is -2.96. The summed E-state index contributed by atoms with van der Waals surface area (Å²) in [5.74, 6) is 0. The normalized spacial score (nSPS) is 14.1. The lowest BCUT2D eigenvalue weighted by atomic mass is 10.0. The number of nitrogens with zero attached hydrogens (tertiary/aromatic N) is 2. The highest BCUT2D eigenvalue weighted by Crippen LogP contribution is 2.40. The van der Waals surface area contributed by atoms with Crippen LogP contribution in [0.25, 0.3) is 22.1 Å². The molecule has 0 N–H and O–H groups in total. The first-order valence-electron chi connectivity index (χ1n) is 8.91. The van der Waals surface area contributed by atoms with Crippen LogP contribution in [0.4, 0.5) is 5.69 Å². The van der Waals surface area contributed by atoms with E-state index in [0.717, 1.165) is 16.5 Å². The number of quaternary nitrogens is 1. The Morgan fingerprint density at radius 3 is 2.43 bits per heavy atom. The summed E-state index contributed by atoms with van der Waals surface area (Å²) >= 11 is 0. The van der Waals surface area contributed by atoms with E-state index in [4.69, 9.17) is 4.42 Å². The highest BCUT2D eigenvalue weighted by molar-refractivity contribution is 7.90. The summed E-state index contributed by atoms with van der Waals surface area (Å²) in [5, 5.41) is 0.931. The monoisotopic (exact) mass is 393 g/mol. The Labute approximate surface area is 164 Å². The van der Waals surface area contributed by atoms with Crippen molar-refractivity contribution in [1.29, 1.82) is 0 Å². The molecule has 1 unspecified atom stereocenters. The van der Waals surface area contributed by atoms with Gasteiger partial charge >= 0.3 is 0 Å². The molecule has 4 rings (SSSR count). The van der Waals surface area contributed by atoms with Crippen molar-refractivity contribution >= 4 is 26.7 Å². The second-order valence-electron chi connectivity index (χ2n) is 7.01. The Balaban J connectivity index is 2.00. The number of pyridine rings is 1. The molecule has 2 heterocycles. The minimum absolute atomic E-state index is 0.214. The van der Waals surface area contributed by atoms with E-state index in [0.29, 0.717) is 17.0 Å². The van der Waals surface area contributed by atoms with Gasteiger partial charge in [-0.25, -0.2) is 0 Å². The molecular formula is C22H21N2O3S+. The first-order chi connectivity index (χ1) is 13.4. The van der Waals surface area contributed by atoms with Crippen molar-refractivity contribution in [3.05, 3.63) is 84.9 Å². The summed E-state index contributed by atoms with van der Waals surface area (Å²) in [5.41, 5.74) is 3.83. The van der Waals surface area contributed by atoms with Crippen molar-refractivity contribution in [2.75, 3.05) is 13.3 Å². The van der Waals surface area contributed by atoms with Crippen LogP contribution in [0.15, 0.2) is 83.6 Å². The van der Waals surface area contributed by atoms with Crippen LogP contribution in [-0.2, 0) is 16.6 Å². The van der Waals surface area contributed by atoms with Crippen molar-refractivity contribution in [1.82, 2.24) is 8.87 Å². The molecule has 0 bridgehead atoms. The molecule has 0 amide bonds. The SMILES string of the molecule is C[N+](Cc1ccccn1)(c1cc2occc2cc1-c1ccccc1)S(C)(=O)=O. The van der Waals surface area contributed by atoms with Gasteiger partial charge in [0, 0.05) is 23.2 Å². The van der Waals surface area contributed by atoms with Crippen LogP contribution >= 0.6 is 0 Å². The number of hydrogen-bond acceptors (Lipinski definition) is 4. The lowest BCUT2D eigenvalue weighted by molar-refractivity contribution is 0.458. The molecule has 0 saturated carbocycles. The maximum atomic E-state index is 13.0. The number of furan rings is 1. The number of fused-ring (bicyclic) bond motifs is 1. The Kier molecular flexibility index (Phi) is 4.53. The average Bonchev–Trinajstić information content (AvgIpc) is 3.15. The fraction of sp³-hybridized carbons (Fsp3) is 0.136. The highest BCUT2D eigenvalue weighted by Gasteiger charge is 2.39. The topological polar surface area (TPSA) is 60.2 Å². The van der Waals surface area contributed by atoms with Crippen molar-refractivity contribution in [3.8, 4) is 11.1 Å². The number of benzene rings is 2. The molecule has 0 aliphatic rings. The standard InChI is InChI=1S/C22H21N2O3S/c1-24(28(2,25)26,16-19-10-6-7-12-23-19)21-15-22-18(11-13-27-22)14-20(21)17-8-4-3-5-9-17/h3-15H,16H2,1-2H3/q+1. The lowest BCUT2D eigenvalue weighted by Gasteiger charge is -2.32. The van der Waals surface area contributed by atoms with E-state index >= 15 is 0 Å². The smallest absolute Gasteiger partial charge is 0.299 e. The minimum Gasteiger partial charge on any atom is -0.464 e. The van der Waals surface area contributed by atoms with Crippen LogP contribution in [0.2, 0.25) is 0 Å². The molecule has 0 spiro atoms. The van der Waals surface area contributed by atoms with E-state index in [1.165, 1.54) is 6.26 Å². The molecule has 2 aromatic carbocycles. The number of rotatable bonds is 5. The van der Waals surface area contributed by atoms with Gasteiger partial charge in [-0.2, -0.15) is 12.3 Å². The third-order valence-corrected chi connectivity index (χ3v) is 6.88.